The van der Waals surface area contributed by atoms with Gasteiger partial charge in [-0.05, 0) is 31.5 Å². The Bertz CT molecular complexity index is 847. The highest BCUT2D eigenvalue weighted by Crippen LogP contribution is 2.32. The van der Waals surface area contributed by atoms with Crippen molar-refractivity contribution < 1.29 is 9.21 Å². The Balaban J connectivity index is 1.79. The highest BCUT2D eigenvalue weighted by Gasteiger charge is 2.16. The fraction of sp³-hybridized carbons (Fsp3) is 0.111. The summed E-state index contributed by atoms with van der Waals surface area (Å²) in [5, 5.41) is 5.82. The van der Waals surface area contributed by atoms with E-state index in [9.17, 15) is 4.79 Å². The van der Waals surface area contributed by atoms with Crippen molar-refractivity contribution in [2.45, 2.75) is 13.8 Å². The number of carbonyl (C=O) groups is 1. The number of benzene rings is 1. The minimum absolute atomic E-state index is 0.229. The Morgan fingerprint density at radius 3 is 2.65 bits per heavy atom. The van der Waals surface area contributed by atoms with Crippen LogP contribution < -0.4 is 5.43 Å². The average molecular weight is 324 g/mol. The Morgan fingerprint density at radius 1 is 1.17 bits per heavy atom. The van der Waals surface area contributed by atoms with Gasteiger partial charge in [0.1, 0.15) is 11.5 Å². The summed E-state index contributed by atoms with van der Waals surface area (Å²) in [7, 11) is 0. The molecule has 2 heterocycles. The van der Waals surface area contributed by atoms with Crippen molar-refractivity contribution in [3.05, 3.63) is 69.8 Å². The quantitative estimate of drug-likeness (QED) is 0.571. The molecule has 0 saturated heterocycles. The molecule has 3 rings (SSSR count). The van der Waals surface area contributed by atoms with E-state index in [1.165, 1.54) is 6.21 Å². The number of furan rings is 1. The van der Waals surface area contributed by atoms with Crippen LogP contribution in [0.2, 0.25) is 0 Å². The third kappa shape index (κ3) is 3.40. The minimum atomic E-state index is -0.229. The number of nitrogens with one attached hydrogen (secondary N) is 1. The lowest BCUT2D eigenvalue weighted by Gasteiger charge is -2.05. The first-order chi connectivity index (χ1) is 11.1. The van der Waals surface area contributed by atoms with Crippen LogP contribution in [0, 0.1) is 13.8 Å². The summed E-state index contributed by atoms with van der Waals surface area (Å²) in [6, 6.07) is 13.5. The number of amides is 1. The van der Waals surface area contributed by atoms with E-state index < -0.39 is 0 Å². The molecule has 23 heavy (non-hydrogen) atoms. The second kappa shape index (κ2) is 6.62. The molecular weight excluding hydrogens is 308 g/mol. The molecular formula is C18H16N2O2S. The zero-order valence-corrected chi connectivity index (χ0v) is 13.7. The Hall–Kier alpha value is -2.66. The molecule has 0 fully saturated rings. The second-order valence-corrected chi connectivity index (χ2v) is 6.18. The van der Waals surface area contributed by atoms with Crippen molar-refractivity contribution in [2.24, 2.45) is 5.10 Å². The molecule has 0 aliphatic heterocycles. The molecule has 1 amide bonds. The summed E-state index contributed by atoms with van der Waals surface area (Å²) in [6.07, 6.45) is 1.49. The van der Waals surface area contributed by atoms with Crippen LogP contribution in [-0.2, 0) is 0 Å². The van der Waals surface area contributed by atoms with Gasteiger partial charge < -0.3 is 4.42 Å². The van der Waals surface area contributed by atoms with Crippen LogP contribution in [0.5, 0.6) is 0 Å². The number of hydrogen-bond donors (Lipinski definition) is 1. The Kier molecular flexibility index (Phi) is 4.39. The van der Waals surface area contributed by atoms with Crippen LogP contribution >= 0.6 is 11.3 Å². The highest BCUT2D eigenvalue weighted by atomic mass is 32.1. The zero-order valence-electron chi connectivity index (χ0n) is 12.9. The summed E-state index contributed by atoms with van der Waals surface area (Å²) in [5.74, 6) is 1.18. The number of hydrogen-bond acceptors (Lipinski definition) is 4. The van der Waals surface area contributed by atoms with Crippen LogP contribution in [0.3, 0.4) is 0 Å². The lowest BCUT2D eigenvalue weighted by atomic mass is 10.0. The van der Waals surface area contributed by atoms with Crippen molar-refractivity contribution in [3.63, 3.8) is 0 Å². The van der Waals surface area contributed by atoms with Gasteiger partial charge in [-0.25, -0.2) is 5.43 Å². The SMILES string of the molecule is Cc1ccc(/C=N/NC(=O)c2csc(C)c2-c2ccccc2)o1. The molecule has 2 aromatic heterocycles. The molecule has 5 heteroatoms. The smallest absolute Gasteiger partial charge is 0.272 e. The first-order valence-electron chi connectivity index (χ1n) is 7.18. The van der Waals surface area contributed by atoms with Gasteiger partial charge >= 0.3 is 0 Å². The zero-order chi connectivity index (χ0) is 16.2. The normalized spacial score (nSPS) is 11.0. The van der Waals surface area contributed by atoms with Gasteiger partial charge in [-0.3, -0.25) is 4.79 Å². The fourth-order valence-electron chi connectivity index (χ4n) is 2.32. The summed E-state index contributed by atoms with van der Waals surface area (Å²) in [6.45, 7) is 3.87. The third-order valence-electron chi connectivity index (χ3n) is 3.40. The predicted octanol–water partition coefficient (Wildman–Crippen LogP) is 4.39. The van der Waals surface area contributed by atoms with Crippen molar-refractivity contribution in [1.82, 2.24) is 5.43 Å². The molecule has 116 valence electrons. The van der Waals surface area contributed by atoms with E-state index >= 15 is 0 Å². The summed E-state index contributed by atoms with van der Waals surface area (Å²) < 4.78 is 5.37. The number of nitrogens with zero attached hydrogens (tertiary/aromatic N) is 1. The van der Waals surface area contributed by atoms with Gasteiger partial charge in [0.05, 0.1) is 11.8 Å². The summed E-state index contributed by atoms with van der Waals surface area (Å²) in [5.41, 5.74) is 5.17. The van der Waals surface area contributed by atoms with E-state index in [0.717, 1.165) is 21.8 Å². The molecule has 0 aliphatic carbocycles. The molecule has 4 nitrogen and oxygen atoms in total. The van der Waals surface area contributed by atoms with E-state index in [1.807, 2.05) is 55.6 Å². The topological polar surface area (TPSA) is 54.6 Å². The largest absolute Gasteiger partial charge is 0.460 e. The van der Waals surface area contributed by atoms with E-state index in [0.29, 0.717) is 11.3 Å². The number of thiophene rings is 1. The van der Waals surface area contributed by atoms with Gasteiger partial charge in [-0.15, -0.1) is 11.3 Å². The summed E-state index contributed by atoms with van der Waals surface area (Å²) >= 11 is 1.56. The first-order valence-corrected chi connectivity index (χ1v) is 8.06. The van der Waals surface area contributed by atoms with E-state index in [4.69, 9.17) is 4.42 Å². The van der Waals surface area contributed by atoms with Crippen molar-refractivity contribution >= 4 is 23.5 Å². The van der Waals surface area contributed by atoms with E-state index in [2.05, 4.69) is 10.5 Å². The van der Waals surface area contributed by atoms with E-state index in [1.54, 1.807) is 17.4 Å². The molecule has 3 aromatic rings. The Morgan fingerprint density at radius 2 is 1.96 bits per heavy atom. The molecule has 0 bridgehead atoms. The lowest BCUT2D eigenvalue weighted by molar-refractivity contribution is 0.0956. The molecule has 1 N–H and O–H groups in total. The molecule has 0 saturated carbocycles. The number of carbonyl (C=O) groups excluding carboxylic acids is 1. The van der Waals surface area contributed by atoms with Gasteiger partial charge in [0.25, 0.3) is 5.91 Å². The maximum atomic E-state index is 12.4. The van der Waals surface area contributed by atoms with Crippen LogP contribution in [0.1, 0.15) is 26.8 Å². The number of aryl methyl sites for hydroxylation is 2. The summed E-state index contributed by atoms with van der Waals surface area (Å²) in [4.78, 5) is 13.5. The van der Waals surface area contributed by atoms with Gasteiger partial charge in [-0.1, -0.05) is 30.3 Å². The average Bonchev–Trinajstić information content (AvgIpc) is 3.14. The third-order valence-corrected chi connectivity index (χ3v) is 4.31. The maximum absolute atomic E-state index is 12.4. The van der Waals surface area contributed by atoms with Gasteiger partial charge in [0.15, 0.2) is 0 Å². The van der Waals surface area contributed by atoms with Crippen LogP contribution in [0.25, 0.3) is 11.1 Å². The highest BCUT2D eigenvalue weighted by molar-refractivity contribution is 7.10. The molecule has 0 atom stereocenters. The van der Waals surface area contributed by atoms with Crippen LogP contribution in [0.15, 0.2) is 57.4 Å². The first kappa shape index (κ1) is 15.2. The standard InChI is InChI=1S/C18H16N2O2S/c1-12-8-9-15(22-12)10-19-20-18(21)16-11-23-13(2)17(16)14-6-4-3-5-7-14/h3-11H,1-2H3,(H,20,21)/b19-10+. The molecule has 0 aliphatic rings. The van der Waals surface area contributed by atoms with Gasteiger partial charge in [0.2, 0.25) is 0 Å². The van der Waals surface area contributed by atoms with Gasteiger partial charge in [-0.2, -0.15) is 5.10 Å². The van der Waals surface area contributed by atoms with Crippen molar-refractivity contribution in [1.29, 1.82) is 0 Å². The van der Waals surface area contributed by atoms with Crippen molar-refractivity contribution in [3.8, 4) is 11.1 Å². The van der Waals surface area contributed by atoms with Gasteiger partial charge in [0, 0.05) is 15.8 Å². The second-order valence-electron chi connectivity index (χ2n) is 5.09. The predicted molar refractivity (Wildman–Crippen MR) is 93.0 cm³/mol. The number of hydrazone groups is 1. The maximum Gasteiger partial charge on any atom is 0.272 e. The number of rotatable bonds is 4. The Labute approximate surface area is 138 Å². The molecule has 0 radical (unpaired) electrons. The molecule has 1 aromatic carbocycles. The lowest BCUT2D eigenvalue weighted by Crippen LogP contribution is -2.17. The van der Waals surface area contributed by atoms with Crippen LogP contribution in [0.4, 0.5) is 0 Å². The van der Waals surface area contributed by atoms with E-state index in [-0.39, 0.29) is 5.91 Å². The molecule has 0 spiro atoms. The van der Waals surface area contributed by atoms with Crippen LogP contribution in [-0.4, -0.2) is 12.1 Å². The minimum Gasteiger partial charge on any atom is -0.460 e. The monoisotopic (exact) mass is 324 g/mol. The fourth-order valence-corrected chi connectivity index (χ4v) is 3.19. The van der Waals surface area contributed by atoms with Crippen molar-refractivity contribution in [2.75, 3.05) is 0 Å². The molecule has 0 unspecified atom stereocenters.